The van der Waals surface area contributed by atoms with Gasteiger partial charge in [0.15, 0.2) is 0 Å². The Bertz CT molecular complexity index is 805. The third-order valence-electron chi connectivity index (χ3n) is 3.76. The molecular weight excluding hydrogens is 322 g/mol. The third-order valence-corrected chi connectivity index (χ3v) is 3.76. The number of amides is 1. The fourth-order valence-electron chi connectivity index (χ4n) is 2.63. The summed E-state index contributed by atoms with van der Waals surface area (Å²) in [5, 5.41) is 9.04. The fraction of sp³-hybridized carbons (Fsp3) is 0.353. The van der Waals surface area contributed by atoms with Crippen LogP contribution in [0.15, 0.2) is 30.7 Å². The van der Waals surface area contributed by atoms with Crippen LogP contribution in [0.5, 0.6) is 11.8 Å². The van der Waals surface area contributed by atoms with Gasteiger partial charge in [-0.25, -0.2) is 15.0 Å². The van der Waals surface area contributed by atoms with Crippen LogP contribution in [-0.4, -0.2) is 51.6 Å². The summed E-state index contributed by atoms with van der Waals surface area (Å²) in [5.74, 6) is 0.378. The molecule has 1 aliphatic rings. The lowest BCUT2D eigenvalue weighted by Crippen LogP contribution is -2.31. The first-order chi connectivity index (χ1) is 12.2. The number of nitriles is 1. The summed E-state index contributed by atoms with van der Waals surface area (Å²) >= 11 is 0. The second-order valence-corrected chi connectivity index (χ2v) is 5.39. The first kappa shape index (κ1) is 16.6. The number of likely N-dealkylation sites (tertiary alicyclic amines) is 1. The van der Waals surface area contributed by atoms with Crippen LogP contribution in [0.3, 0.4) is 0 Å². The van der Waals surface area contributed by atoms with E-state index in [-0.39, 0.29) is 23.6 Å². The SMILES string of the molecule is CCOc1ncccc1C(=O)N1CC[C@H](Oc2nccnc2C#N)C1. The highest BCUT2D eigenvalue weighted by Crippen LogP contribution is 2.22. The molecule has 8 nitrogen and oxygen atoms in total. The van der Waals surface area contributed by atoms with Crippen molar-refractivity contribution in [2.75, 3.05) is 19.7 Å². The van der Waals surface area contributed by atoms with Gasteiger partial charge < -0.3 is 14.4 Å². The highest BCUT2D eigenvalue weighted by Gasteiger charge is 2.30. The number of carbonyl (C=O) groups is 1. The number of pyridine rings is 1. The van der Waals surface area contributed by atoms with Crippen molar-refractivity contribution < 1.29 is 14.3 Å². The molecule has 3 rings (SSSR count). The van der Waals surface area contributed by atoms with Crippen molar-refractivity contribution >= 4 is 5.91 Å². The van der Waals surface area contributed by atoms with Crippen molar-refractivity contribution in [2.24, 2.45) is 0 Å². The van der Waals surface area contributed by atoms with Gasteiger partial charge in [0.05, 0.1) is 13.2 Å². The minimum Gasteiger partial charge on any atom is -0.477 e. The first-order valence-corrected chi connectivity index (χ1v) is 7.97. The van der Waals surface area contributed by atoms with Crippen LogP contribution in [0.1, 0.15) is 29.4 Å². The van der Waals surface area contributed by atoms with Gasteiger partial charge in [-0.1, -0.05) is 0 Å². The number of aromatic nitrogens is 3. The van der Waals surface area contributed by atoms with E-state index in [4.69, 9.17) is 14.7 Å². The van der Waals surface area contributed by atoms with E-state index < -0.39 is 0 Å². The second kappa shape index (κ2) is 7.57. The molecule has 0 unspecified atom stereocenters. The minimum absolute atomic E-state index is 0.137. The number of ether oxygens (including phenoxy) is 2. The zero-order chi connectivity index (χ0) is 17.6. The average molecular weight is 339 g/mol. The summed E-state index contributed by atoms with van der Waals surface area (Å²) in [7, 11) is 0. The maximum absolute atomic E-state index is 12.7. The van der Waals surface area contributed by atoms with Crippen LogP contribution >= 0.6 is 0 Å². The molecule has 1 amide bonds. The quantitative estimate of drug-likeness (QED) is 0.812. The van der Waals surface area contributed by atoms with Crippen LogP contribution in [0, 0.1) is 11.3 Å². The molecule has 3 heterocycles. The molecule has 8 heteroatoms. The average Bonchev–Trinajstić information content (AvgIpc) is 3.11. The number of nitrogens with zero attached hydrogens (tertiary/aromatic N) is 5. The molecule has 0 spiro atoms. The van der Waals surface area contributed by atoms with Gasteiger partial charge in [-0.3, -0.25) is 4.79 Å². The van der Waals surface area contributed by atoms with Crippen molar-refractivity contribution in [3.8, 4) is 17.8 Å². The molecule has 128 valence electrons. The van der Waals surface area contributed by atoms with Gasteiger partial charge in [0.1, 0.15) is 17.7 Å². The summed E-state index contributed by atoms with van der Waals surface area (Å²) < 4.78 is 11.2. The lowest BCUT2D eigenvalue weighted by molar-refractivity contribution is 0.0766. The second-order valence-electron chi connectivity index (χ2n) is 5.39. The summed E-state index contributed by atoms with van der Waals surface area (Å²) in [6, 6.07) is 5.35. The van der Waals surface area contributed by atoms with Crippen molar-refractivity contribution in [1.82, 2.24) is 19.9 Å². The van der Waals surface area contributed by atoms with Crippen molar-refractivity contribution in [1.29, 1.82) is 5.26 Å². The van der Waals surface area contributed by atoms with E-state index in [0.29, 0.717) is 37.6 Å². The molecule has 0 bridgehead atoms. The standard InChI is InChI=1S/C17H17N5O3/c1-2-24-15-13(4-3-6-20-15)17(23)22-9-5-12(11-22)25-16-14(10-18)19-7-8-21-16/h3-4,6-8,12H,2,5,9,11H2,1H3/t12-/m0/s1. The monoisotopic (exact) mass is 339 g/mol. The van der Waals surface area contributed by atoms with Gasteiger partial charge in [0.2, 0.25) is 11.6 Å². The van der Waals surface area contributed by atoms with Gasteiger partial charge in [0.25, 0.3) is 11.8 Å². The van der Waals surface area contributed by atoms with Crippen LogP contribution in [0.4, 0.5) is 0 Å². The van der Waals surface area contributed by atoms with E-state index in [9.17, 15) is 4.79 Å². The summed E-state index contributed by atoms with van der Waals surface area (Å²) in [6.07, 6.45) is 4.91. The number of hydrogen-bond donors (Lipinski definition) is 0. The Labute approximate surface area is 145 Å². The largest absolute Gasteiger partial charge is 0.477 e. The lowest BCUT2D eigenvalue weighted by atomic mass is 10.2. The number of carbonyl (C=O) groups excluding carboxylic acids is 1. The van der Waals surface area contributed by atoms with Crippen LogP contribution in [0.2, 0.25) is 0 Å². The molecule has 0 N–H and O–H groups in total. The molecule has 25 heavy (non-hydrogen) atoms. The van der Waals surface area contributed by atoms with E-state index in [2.05, 4.69) is 15.0 Å². The molecule has 1 aliphatic heterocycles. The van der Waals surface area contributed by atoms with E-state index in [1.54, 1.807) is 23.2 Å². The van der Waals surface area contributed by atoms with Gasteiger partial charge >= 0.3 is 0 Å². The van der Waals surface area contributed by atoms with Crippen LogP contribution < -0.4 is 9.47 Å². The molecule has 0 aliphatic carbocycles. The molecule has 1 saturated heterocycles. The molecule has 2 aromatic rings. The molecule has 0 aromatic carbocycles. The number of rotatable bonds is 5. The highest BCUT2D eigenvalue weighted by molar-refractivity contribution is 5.96. The van der Waals surface area contributed by atoms with Crippen molar-refractivity contribution in [3.05, 3.63) is 42.0 Å². The van der Waals surface area contributed by atoms with Crippen molar-refractivity contribution in [2.45, 2.75) is 19.4 Å². The van der Waals surface area contributed by atoms with E-state index >= 15 is 0 Å². The molecule has 1 atom stereocenters. The Kier molecular flexibility index (Phi) is 5.04. The smallest absolute Gasteiger partial charge is 0.259 e. The minimum atomic E-state index is -0.236. The number of hydrogen-bond acceptors (Lipinski definition) is 7. The van der Waals surface area contributed by atoms with E-state index in [1.165, 1.54) is 12.4 Å². The summed E-state index contributed by atoms with van der Waals surface area (Å²) in [6.45, 7) is 3.23. The van der Waals surface area contributed by atoms with E-state index in [0.717, 1.165) is 0 Å². The summed E-state index contributed by atoms with van der Waals surface area (Å²) in [5.41, 5.74) is 0.570. The van der Waals surface area contributed by atoms with Gasteiger partial charge in [-0.2, -0.15) is 5.26 Å². The maximum Gasteiger partial charge on any atom is 0.259 e. The molecule has 0 radical (unpaired) electrons. The maximum atomic E-state index is 12.7. The van der Waals surface area contributed by atoms with Gasteiger partial charge in [-0.05, 0) is 19.1 Å². The zero-order valence-corrected chi connectivity index (χ0v) is 13.8. The van der Waals surface area contributed by atoms with Crippen LogP contribution in [0.25, 0.3) is 0 Å². The molecule has 2 aromatic heterocycles. The van der Waals surface area contributed by atoms with Gasteiger partial charge in [-0.15, -0.1) is 0 Å². The molecular formula is C17H17N5O3. The third kappa shape index (κ3) is 3.66. The first-order valence-electron chi connectivity index (χ1n) is 7.97. The Morgan fingerprint density at radius 2 is 2.12 bits per heavy atom. The normalized spacial score (nSPS) is 16.3. The highest BCUT2D eigenvalue weighted by atomic mass is 16.5. The van der Waals surface area contributed by atoms with E-state index in [1.807, 2.05) is 13.0 Å². The topological polar surface area (TPSA) is 101 Å². The predicted molar refractivity (Wildman–Crippen MR) is 87.1 cm³/mol. The fourth-order valence-corrected chi connectivity index (χ4v) is 2.63. The molecule has 0 saturated carbocycles. The zero-order valence-electron chi connectivity index (χ0n) is 13.8. The lowest BCUT2D eigenvalue weighted by Gasteiger charge is -2.18. The Balaban J connectivity index is 1.69. The van der Waals surface area contributed by atoms with Gasteiger partial charge in [0, 0.05) is 31.6 Å². The Hall–Kier alpha value is -3.21. The van der Waals surface area contributed by atoms with Crippen LogP contribution in [-0.2, 0) is 0 Å². The Morgan fingerprint density at radius 1 is 1.32 bits per heavy atom. The molecule has 1 fully saturated rings. The summed E-state index contributed by atoms with van der Waals surface area (Å²) in [4.78, 5) is 26.5. The predicted octanol–water partition coefficient (Wildman–Crippen LogP) is 1.44. The Morgan fingerprint density at radius 3 is 2.92 bits per heavy atom. The van der Waals surface area contributed by atoms with Crippen molar-refractivity contribution in [3.63, 3.8) is 0 Å².